The molecule has 0 aliphatic carbocycles. The van der Waals surface area contributed by atoms with Crippen LogP contribution < -0.4 is 5.73 Å². The molecular formula is C14H18F3NO2. The van der Waals surface area contributed by atoms with E-state index >= 15 is 0 Å². The van der Waals surface area contributed by atoms with Crippen molar-refractivity contribution in [2.75, 3.05) is 0 Å². The quantitative estimate of drug-likeness (QED) is 0.867. The van der Waals surface area contributed by atoms with Gasteiger partial charge in [0.15, 0.2) is 0 Å². The van der Waals surface area contributed by atoms with E-state index in [1.807, 2.05) is 0 Å². The summed E-state index contributed by atoms with van der Waals surface area (Å²) in [6.45, 7) is 4.88. The molecule has 0 saturated carbocycles. The molecule has 0 spiro atoms. The van der Waals surface area contributed by atoms with Crippen molar-refractivity contribution < 1.29 is 22.7 Å². The van der Waals surface area contributed by atoms with Gasteiger partial charge in [-0.2, -0.15) is 13.2 Å². The molecule has 20 heavy (non-hydrogen) atoms. The van der Waals surface area contributed by atoms with Crippen molar-refractivity contribution in [3.05, 3.63) is 35.4 Å². The molecule has 112 valence electrons. The SMILES string of the molecule is CC(N)C(=O)OC(C)(C)Cc1ccc(C(F)(F)F)cc1. The van der Waals surface area contributed by atoms with Crippen molar-refractivity contribution in [3.8, 4) is 0 Å². The molecule has 0 radical (unpaired) electrons. The van der Waals surface area contributed by atoms with Crippen molar-refractivity contribution in [3.63, 3.8) is 0 Å². The fraction of sp³-hybridized carbons (Fsp3) is 0.500. The maximum absolute atomic E-state index is 12.4. The number of esters is 1. The Labute approximate surface area is 115 Å². The van der Waals surface area contributed by atoms with Crippen molar-refractivity contribution in [2.24, 2.45) is 5.73 Å². The smallest absolute Gasteiger partial charge is 0.416 e. The predicted molar refractivity (Wildman–Crippen MR) is 69.0 cm³/mol. The van der Waals surface area contributed by atoms with Crippen LogP contribution in [0.5, 0.6) is 0 Å². The second-order valence-electron chi connectivity index (χ2n) is 5.34. The first-order chi connectivity index (χ1) is 9.01. The van der Waals surface area contributed by atoms with E-state index in [1.54, 1.807) is 13.8 Å². The third kappa shape index (κ3) is 4.85. The predicted octanol–water partition coefficient (Wildman–Crippen LogP) is 2.92. The monoisotopic (exact) mass is 289 g/mol. The summed E-state index contributed by atoms with van der Waals surface area (Å²) in [5.74, 6) is -0.540. The minimum atomic E-state index is -4.35. The highest BCUT2D eigenvalue weighted by Gasteiger charge is 2.30. The molecule has 1 atom stereocenters. The Hall–Kier alpha value is -1.56. The van der Waals surface area contributed by atoms with Gasteiger partial charge in [0.2, 0.25) is 0 Å². The summed E-state index contributed by atoms with van der Waals surface area (Å²) in [5.41, 5.74) is 4.53. The van der Waals surface area contributed by atoms with Crippen LogP contribution in [-0.2, 0) is 22.1 Å². The first-order valence-electron chi connectivity index (χ1n) is 6.16. The van der Waals surface area contributed by atoms with Gasteiger partial charge in [-0.1, -0.05) is 12.1 Å². The largest absolute Gasteiger partial charge is 0.458 e. The molecule has 0 fully saturated rings. The molecule has 2 N–H and O–H groups in total. The summed E-state index contributed by atoms with van der Waals surface area (Å²) < 4.78 is 42.5. The Kier molecular flexibility index (Phi) is 4.81. The summed E-state index contributed by atoms with van der Waals surface area (Å²) in [6, 6.07) is 4.05. The number of rotatable bonds is 4. The maximum Gasteiger partial charge on any atom is 0.416 e. The zero-order valence-electron chi connectivity index (χ0n) is 11.6. The fourth-order valence-electron chi connectivity index (χ4n) is 1.70. The lowest BCUT2D eigenvalue weighted by atomic mass is 9.97. The average Bonchev–Trinajstić information content (AvgIpc) is 2.26. The Balaban J connectivity index is 2.75. The first-order valence-corrected chi connectivity index (χ1v) is 6.16. The van der Waals surface area contributed by atoms with E-state index in [9.17, 15) is 18.0 Å². The third-order valence-corrected chi connectivity index (χ3v) is 2.66. The number of hydrogen-bond acceptors (Lipinski definition) is 3. The van der Waals surface area contributed by atoms with Crippen LogP contribution in [0.3, 0.4) is 0 Å². The number of benzene rings is 1. The molecule has 0 aliphatic rings. The Morgan fingerprint density at radius 1 is 1.25 bits per heavy atom. The van der Waals surface area contributed by atoms with Gasteiger partial charge in [-0.3, -0.25) is 4.79 Å². The number of ether oxygens (including phenoxy) is 1. The lowest BCUT2D eigenvalue weighted by Crippen LogP contribution is -2.38. The van der Waals surface area contributed by atoms with Crippen LogP contribution in [-0.4, -0.2) is 17.6 Å². The summed E-state index contributed by atoms with van der Waals surface area (Å²) in [4.78, 5) is 11.4. The van der Waals surface area contributed by atoms with Crippen molar-refractivity contribution in [2.45, 2.75) is 45.0 Å². The number of hydrogen-bond donors (Lipinski definition) is 1. The highest BCUT2D eigenvalue weighted by Crippen LogP contribution is 2.29. The highest BCUT2D eigenvalue weighted by molar-refractivity contribution is 5.75. The molecule has 6 heteroatoms. The first kappa shape index (κ1) is 16.5. The molecule has 1 unspecified atom stereocenters. The van der Waals surface area contributed by atoms with Crippen molar-refractivity contribution in [1.82, 2.24) is 0 Å². The third-order valence-electron chi connectivity index (χ3n) is 2.66. The molecule has 1 rings (SSSR count). The highest BCUT2D eigenvalue weighted by atomic mass is 19.4. The molecule has 3 nitrogen and oxygen atoms in total. The zero-order chi connectivity index (χ0) is 15.6. The molecule has 0 saturated heterocycles. The van der Waals surface area contributed by atoms with E-state index in [2.05, 4.69) is 0 Å². The van der Waals surface area contributed by atoms with Gasteiger partial charge in [0.1, 0.15) is 11.6 Å². The van der Waals surface area contributed by atoms with Gasteiger partial charge < -0.3 is 10.5 Å². The van der Waals surface area contributed by atoms with E-state index in [0.717, 1.165) is 12.1 Å². The lowest BCUT2D eigenvalue weighted by molar-refractivity contribution is -0.157. The second kappa shape index (κ2) is 5.83. The summed E-state index contributed by atoms with van der Waals surface area (Å²) in [5, 5.41) is 0. The maximum atomic E-state index is 12.4. The second-order valence-corrected chi connectivity index (χ2v) is 5.34. The van der Waals surface area contributed by atoms with Crippen LogP contribution in [0.2, 0.25) is 0 Å². The van der Waals surface area contributed by atoms with E-state index < -0.39 is 29.4 Å². The summed E-state index contributed by atoms with van der Waals surface area (Å²) in [6.07, 6.45) is -4.04. The Morgan fingerprint density at radius 3 is 2.15 bits per heavy atom. The number of nitrogens with two attached hydrogens (primary N) is 1. The van der Waals surface area contributed by atoms with Gasteiger partial charge in [-0.15, -0.1) is 0 Å². The van der Waals surface area contributed by atoms with Crippen LogP contribution in [0.25, 0.3) is 0 Å². The zero-order valence-corrected chi connectivity index (χ0v) is 11.6. The molecule has 0 aliphatic heterocycles. The van der Waals surface area contributed by atoms with E-state index in [1.165, 1.54) is 19.1 Å². The van der Waals surface area contributed by atoms with Crippen molar-refractivity contribution >= 4 is 5.97 Å². The summed E-state index contributed by atoms with van der Waals surface area (Å²) in [7, 11) is 0. The lowest BCUT2D eigenvalue weighted by Gasteiger charge is -2.26. The van der Waals surface area contributed by atoms with E-state index in [-0.39, 0.29) is 0 Å². The van der Waals surface area contributed by atoms with Gasteiger partial charge >= 0.3 is 12.1 Å². The molecular weight excluding hydrogens is 271 g/mol. The fourth-order valence-corrected chi connectivity index (χ4v) is 1.70. The van der Waals surface area contributed by atoms with Gasteiger partial charge in [0, 0.05) is 6.42 Å². The normalized spacial score (nSPS) is 13.9. The minimum Gasteiger partial charge on any atom is -0.458 e. The Morgan fingerprint density at radius 2 is 1.75 bits per heavy atom. The van der Waals surface area contributed by atoms with Crippen molar-refractivity contribution in [1.29, 1.82) is 0 Å². The molecule has 1 aromatic rings. The van der Waals surface area contributed by atoms with Gasteiger partial charge in [-0.25, -0.2) is 0 Å². The van der Waals surface area contributed by atoms with Crippen LogP contribution in [0.15, 0.2) is 24.3 Å². The van der Waals surface area contributed by atoms with Crippen LogP contribution in [0.1, 0.15) is 31.9 Å². The number of halogens is 3. The van der Waals surface area contributed by atoms with E-state index in [0.29, 0.717) is 12.0 Å². The van der Waals surface area contributed by atoms with Gasteiger partial charge in [-0.05, 0) is 38.5 Å². The van der Waals surface area contributed by atoms with Crippen LogP contribution in [0, 0.1) is 0 Å². The summed E-state index contributed by atoms with van der Waals surface area (Å²) >= 11 is 0. The molecule has 0 amide bonds. The molecule has 1 aromatic carbocycles. The number of carbonyl (C=O) groups excluding carboxylic acids is 1. The topological polar surface area (TPSA) is 52.3 Å². The number of alkyl halides is 3. The molecule has 0 aromatic heterocycles. The molecule has 0 bridgehead atoms. The standard InChI is InChI=1S/C14H18F3NO2/c1-9(18)12(19)20-13(2,3)8-10-4-6-11(7-5-10)14(15,16)17/h4-7,9H,8,18H2,1-3H3. The average molecular weight is 289 g/mol. The van der Waals surface area contributed by atoms with Gasteiger partial charge in [0.05, 0.1) is 5.56 Å². The molecule has 0 heterocycles. The van der Waals surface area contributed by atoms with E-state index in [4.69, 9.17) is 10.5 Å². The Bertz CT molecular complexity index is 464. The number of carbonyl (C=O) groups is 1. The van der Waals surface area contributed by atoms with Crippen LogP contribution in [0.4, 0.5) is 13.2 Å². The minimum absolute atomic E-state index is 0.309. The van der Waals surface area contributed by atoms with Gasteiger partial charge in [0.25, 0.3) is 0 Å². The van der Waals surface area contributed by atoms with Crippen LogP contribution >= 0.6 is 0 Å².